The molecule has 0 fully saturated rings. The first-order valence-electron chi connectivity index (χ1n) is 7.31. The van der Waals surface area contributed by atoms with Crippen molar-refractivity contribution in [1.82, 2.24) is 5.32 Å². The highest BCUT2D eigenvalue weighted by Gasteiger charge is 2.27. The number of ether oxygens (including phenoxy) is 1. The van der Waals surface area contributed by atoms with Crippen LogP contribution < -0.4 is 10.1 Å². The van der Waals surface area contributed by atoms with E-state index in [4.69, 9.17) is 4.74 Å². The van der Waals surface area contributed by atoms with Gasteiger partial charge in [-0.2, -0.15) is 0 Å². The summed E-state index contributed by atoms with van der Waals surface area (Å²) in [5.74, 6) is 1.00. The van der Waals surface area contributed by atoms with Crippen LogP contribution in [0.15, 0.2) is 18.2 Å². The van der Waals surface area contributed by atoms with Crippen molar-refractivity contribution in [3.05, 3.63) is 29.3 Å². The number of hydrogen-bond acceptors (Lipinski definition) is 2. The molecule has 2 nitrogen and oxygen atoms in total. The molecule has 1 atom stereocenters. The van der Waals surface area contributed by atoms with Crippen LogP contribution in [-0.2, 0) is 6.42 Å². The van der Waals surface area contributed by atoms with Gasteiger partial charge in [0, 0.05) is 6.04 Å². The predicted molar refractivity (Wildman–Crippen MR) is 83.0 cm³/mol. The van der Waals surface area contributed by atoms with E-state index in [2.05, 4.69) is 58.1 Å². The number of aryl methyl sites for hydroxylation is 1. The maximum atomic E-state index is 5.50. The van der Waals surface area contributed by atoms with E-state index in [0.29, 0.717) is 6.04 Å². The predicted octanol–water partition coefficient (Wildman–Crippen LogP) is 3.96. The number of nitrogens with one attached hydrogen (secondary N) is 1. The van der Waals surface area contributed by atoms with Gasteiger partial charge in [0.05, 0.1) is 7.11 Å². The van der Waals surface area contributed by atoms with Gasteiger partial charge in [-0.25, -0.2) is 0 Å². The molecule has 0 saturated heterocycles. The van der Waals surface area contributed by atoms with E-state index >= 15 is 0 Å². The molecular weight excluding hydrogens is 234 g/mol. The minimum Gasteiger partial charge on any atom is -0.496 e. The van der Waals surface area contributed by atoms with E-state index in [0.717, 1.165) is 18.7 Å². The van der Waals surface area contributed by atoms with Gasteiger partial charge < -0.3 is 10.1 Å². The Kier molecular flexibility index (Phi) is 5.86. The fourth-order valence-electron chi connectivity index (χ4n) is 2.40. The summed E-state index contributed by atoms with van der Waals surface area (Å²) < 4.78 is 5.50. The maximum Gasteiger partial charge on any atom is 0.122 e. The fraction of sp³-hybridized carbons (Fsp3) is 0.647. The molecule has 0 amide bonds. The van der Waals surface area contributed by atoms with Crippen molar-refractivity contribution in [3.63, 3.8) is 0 Å². The van der Waals surface area contributed by atoms with Crippen LogP contribution in [-0.4, -0.2) is 19.7 Å². The molecule has 1 aromatic carbocycles. The molecule has 0 aromatic heterocycles. The Hall–Kier alpha value is -1.02. The summed E-state index contributed by atoms with van der Waals surface area (Å²) in [6.45, 7) is 12.2. The SMILES string of the molecule is CCNC(Cc1cc(C)ccc1OC)C(C)(C)CC. The molecule has 1 N–H and O–H groups in total. The molecule has 1 aromatic rings. The van der Waals surface area contributed by atoms with E-state index < -0.39 is 0 Å². The largest absolute Gasteiger partial charge is 0.496 e. The summed E-state index contributed by atoms with van der Waals surface area (Å²) in [6.07, 6.45) is 2.18. The van der Waals surface area contributed by atoms with E-state index in [1.54, 1.807) is 7.11 Å². The number of likely N-dealkylation sites (N-methyl/N-ethyl adjacent to an activating group) is 1. The monoisotopic (exact) mass is 263 g/mol. The van der Waals surface area contributed by atoms with Crippen LogP contribution in [0.25, 0.3) is 0 Å². The molecule has 1 unspecified atom stereocenters. The molecule has 19 heavy (non-hydrogen) atoms. The van der Waals surface area contributed by atoms with Gasteiger partial charge in [0.1, 0.15) is 5.75 Å². The first-order chi connectivity index (χ1) is 8.94. The zero-order valence-corrected chi connectivity index (χ0v) is 13.3. The van der Waals surface area contributed by atoms with Crippen molar-refractivity contribution >= 4 is 0 Å². The third-order valence-corrected chi connectivity index (χ3v) is 4.17. The van der Waals surface area contributed by atoms with Gasteiger partial charge in [-0.05, 0) is 43.4 Å². The van der Waals surface area contributed by atoms with Crippen molar-refractivity contribution in [1.29, 1.82) is 0 Å². The molecule has 108 valence electrons. The van der Waals surface area contributed by atoms with Crippen molar-refractivity contribution in [2.45, 2.75) is 53.5 Å². The van der Waals surface area contributed by atoms with Gasteiger partial charge >= 0.3 is 0 Å². The van der Waals surface area contributed by atoms with Crippen LogP contribution >= 0.6 is 0 Å². The molecule has 1 rings (SSSR count). The van der Waals surface area contributed by atoms with Gasteiger partial charge in [0.2, 0.25) is 0 Å². The number of rotatable bonds is 7. The molecule has 0 heterocycles. The molecule has 0 spiro atoms. The fourth-order valence-corrected chi connectivity index (χ4v) is 2.40. The van der Waals surface area contributed by atoms with Crippen molar-refractivity contribution in [2.24, 2.45) is 5.41 Å². The quantitative estimate of drug-likeness (QED) is 0.804. The number of benzene rings is 1. The number of hydrogen-bond donors (Lipinski definition) is 1. The van der Waals surface area contributed by atoms with Crippen LogP contribution in [0.1, 0.15) is 45.2 Å². The Morgan fingerprint density at radius 3 is 2.47 bits per heavy atom. The molecule has 2 heteroatoms. The minimum atomic E-state index is 0.283. The average Bonchev–Trinajstić information content (AvgIpc) is 2.38. The van der Waals surface area contributed by atoms with Gasteiger partial charge in [-0.3, -0.25) is 0 Å². The standard InChI is InChI=1S/C17H29NO/c1-7-17(4,5)16(18-8-2)12-14-11-13(3)9-10-15(14)19-6/h9-11,16,18H,7-8,12H2,1-6H3. The van der Waals surface area contributed by atoms with Gasteiger partial charge in [-0.1, -0.05) is 45.4 Å². The minimum absolute atomic E-state index is 0.283. The lowest BCUT2D eigenvalue weighted by atomic mass is 9.78. The molecule has 0 bridgehead atoms. The second kappa shape index (κ2) is 6.95. The van der Waals surface area contributed by atoms with Gasteiger partial charge in [-0.15, -0.1) is 0 Å². The third kappa shape index (κ3) is 4.24. The maximum absolute atomic E-state index is 5.50. The highest BCUT2D eigenvalue weighted by atomic mass is 16.5. The second-order valence-electron chi connectivity index (χ2n) is 5.97. The first kappa shape index (κ1) is 16.0. The number of methoxy groups -OCH3 is 1. The summed E-state index contributed by atoms with van der Waals surface area (Å²) in [7, 11) is 1.75. The molecule has 0 saturated carbocycles. The highest BCUT2D eigenvalue weighted by Crippen LogP contribution is 2.30. The third-order valence-electron chi connectivity index (χ3n) is 4.17. The lowest BCUT2D eigenvalue weighted by molar-refractivity contribution is 0.231. The Labute approximate surface area is 118 Å². The van der Waals surface area contributed by atoms with E-state index in [-0.39, 0.29) is 5.41 Å². The van der Waals surface area contributed by atoms with Gasteiger partial charge in [0.15, 0.2) is 0 Å². The van der Waals surface area contributed by atoms with Crippen LogP contribution in [0.3, 0.4) is 0 Å². The lowest BCUT2D eigenvalue weighted by Gasteiger charge is -2.34. The molecule has 0 aliphatic heterocycles. The zero-order valence-electron chi connectivity index (χ0n) is 13.3. The summed E-state index contributed by atoms with van der Waals surface area (Å²) in [6, 6.07) is 6.90. The molecule has 0 aliphatic carbocycles. The average molecular weight is 263 g/mol. The summed E-state index contributed by atoms with van der Waals surface area (Å²) in [5, 5.41) is 3.64. The van der Waals surface area contributed by atoms with Crippen LogP contribution in [0, 0.1) is 12.3 Å². The Morgan fingerprint density at radius 1 is 1.26 bits per heavy atom. The first-order valence-corrected chi connectivity index (χ1v) is 7.31. The van der Waals surface area contributed by atoms with Crippen molar-refractivity contribution in [3.8, 4) is 5.75 Å². The van der Waals surface area contributed by atoms with E-state index in [1.807, 2.05) is 0 Å². The topological polar surface area (TPSA) is 21.3 Å². The van der Waals surface area contributed by atoms with Crippen LogP contribution in [0.5, 0.6) is 5.75 Å². The van der Waals surface area contributed by atoms with Gasteiger partial charge in [0.25, 0.3) is 0 Å². The van der Waals surface area contributed by atoms with Crippen molar-refractivity contribution < 1.29 is 4.74 Å². The Balaban J connectivity index is 2.99. The summed E-state index contributed by atoms with van der Waals surface area (Å²) >= 11 is 0. The van der Waals surface area contributed by atoms with E-state index in [1.165, 1.54) is 17.5 Å². The van der Waals surface area contributed by atoms with Crippen LogP contribution in [0.2, 0.25) is 0 Å². The second-order valence-corrected chi connectivity index (χ2v) is 5.97. The molecule has 0 radical (unpaired) electrons. The molecular formula is C17H29NO. The van der Waals surface area contributed by atoms with Crippen LogP contribution in [0.4, 0.5) is 0 Å². The smallest absolute Gasteiger partial charge is 0.122 e. The lowest BCUT2D eigenvalue weighted by Crippen LogP contribution is -2.43. The zero-order chi connectivity index (χ0) is 14.5. The highest BCUT2D eigenvalue weighted by molar-refractivity contribution is 5.37. The van der Waals surface area contributed by atoms with Crippen molar-refractivity contribution in [2.75, 3.05) is 13.7 Å². The molecule has 0 aliphatic rings. The summed E-state index contributed by atoms with van der Waals surface area (Å²) in [5.41, 5.74) is 2.88. The van der Waals surface area contributed by atoms with E-state index in [9.17, 15) is 0 Å². The Bertz CT molecular complexity index is 398. The summed E-state index contributed by atoms with van der Waals surface area (Å²) in [4.78, 5) is 0. The normalized spacial score (nSPS) is 13.4. The Morgan fingerprint density at radius 2 is 1.95 bits per heavy atom.